The van der Waals surface area contributed by atoms with Gasteiger partial charge in [-0.05, 0) is 58.7 Å². The van der Waals surface area contributed by atoms with E-state index in [4.69, 9.17) is 4.98 Å². The smallest absolute Gasteiger partial charge is 0.0712 e. The number of benzene rings is 3. The molecule has 34 heavy (non-hydrogen) atoms. The van der Waals surface area contributed by atoms with E-state index in [1.54, 1.807) is 5.56 Å². The summed E-state index contributed by atoms with van der Waals surface area (Å²) in [5.74, 6) is 0.729. The Labute approximate surface area is 204 Å². The summed E-state index contributed by atoms with van der Waals surface area (Å²) in [7, 11) is 0. The highest BCUT2D eigenvalue weighted by Crippen LogP contribution is 2.53. The molecule has 0 N–H and O–H groups in total. The minimum Gasteiger partial charge on any atom is -0.248 e. The van der Waals surface area contributed by atoms with Crippen molar-refractivity contribution in [1.82, 2.24) is 4.98 Å². The van der Waals surface area contributed by atoms with Crippen molar-refractivity contribution in [2.24, 2.45) is 0 Å². The van der Waals surface area contributed by atoms with Crippen LogP contribution in [0.15, 0.2) is 72.8 Å². The fraction of sp³-hybridized carbons (Fsp3) is 0.364. The molecule has 6 rings (SSSR count). The minimum absolute atomic E-state index is 0.0439. The van der Waals surface area contributed by atoms with Crippen LogP contribution in [0, 0.1) is 0 Å². The highest BCUT2D eigenvalue weighted by atomic mass is 14.7. The summed E-state index contributed by atoms with van der Waals surface area (Å²) in [5, 5.41) is 1.19. The van der Waals surface area contributed by atoms with Gasteiger partial charge in [0.15, 0.2) is 0 Å². The Bertz CT molecular complexity index is 1390. The van der Waals surface area contributed by atoms with E-state index in [0.29, 0.717) is 0 Å². The van der Waals surface area contributed by atoms with Gasteiger partial charge in [-0.25, -0.2) is 4.98 Å². The zero-order valence-electron chi connectivity index (χ0n) is 21.0. The maximum atomic E-state index is 5.10. The Balaban J connectivity index is 1.53. The lowest BCUT2D eigenvalue weighted by Gasteiger charge is -2.45. The third-order valence-electron chi connectivity index (χ3n) is 8.70. The molecule has 1 fully saturated rings. The standard InChI is InChI=1S/C33H35N/c1-32(2)27-15-10-14-25(30-20-18-23-13-8-9-16-29(23)34-30)31(27)33(3,4)26-19-17-24(21-28(26)32)22-11-6-5-7-12-22/h8-10,13-22H,5-7,11-12H2,1-4H3. The monoisotopic (exact) mass is 445 g/mol. The van der Waals surface area contributed by atoms with Crippen molar-refractivity contribution in [3.05, 3.63) is 101 Å². The molecule has 0 amide bonds. The van der Waals surface area contributed by atoms with Gasteiger partial charge in [-0.1, -0.05) is 108 Å². The summed E-state index contributed by atoms with van der Waals surface area (Å²) in [6.07, 6.45) is 6.84. The van der Waals surface area contributed by atoms with Gasteiger partial charge in [0, 0.05) is 21.8 Å². The Hall–Kier alpha value is -2.93. The second kappa shape index (κ2) is 7.80. The van der Waals surface area contributed by atoms with Crippen LogP contribution in [0.25, 0.3) is 22.2 Å². The van der Waals surface area contributed by atoms with E-state index in [-0.39, 0.29) is 10.8 Å². The molecule has 4 aromatic rings. The molecule has 2 aliphatic carbocycles. The van der Waals surface area contributed by atoms with Crippen LogP contribution in [0.3, 0.4) is 0 Å². The van der Waals surface area contributed by atoms with Gasteiger partial charge in [-0.15, -0.1) is 0 Å². The molecule has 172 valence electrons. The van der Waals surface area contributed by atoms with Crippen LogP contribution in [0.2, 0.25) is 0 Å². The van der Waals surface area contributed by atoms with E-state index in [0.717, 1.165) is 17.1 Å². The number of hydrogen-bond donors (Lipinski definition) is 0. The number of nitrogens with zero attached hydrogens (tertiary/aromatic N) is 1. The SMILES string of the molecule is CC1(C)c2cc(C3CCCCC3)ccc2C(C)(C)c2c(-c3ccc4ccccc4n3)cccc21. The zero-order valence-corrected chi connectivity index (χ0v) is 21.0. The van der Waals surface area contributed by atoms with Gasteiger partial charge in [0.1, 0.15) is 0 Å². The predicted octanol–water partition coefficient (Wildman–Crippen LogP) is 8.91. The van der Waals surface area contributed by atoms with Crippen LogP contribution in [0.5, 0.6) is 0 Å². The number of pyridine rings is 1. The Morgan fingerprint density at radius 3 is 2.29 bits per heavy atom. The van der Waals surface area contributed by atoms with Crippen molar-refractivity contribution in [2.75, 3.05) is 0 Å². The molecule has 1 nitrogen and oxygen atoms in total. The molecule has 1 saturated carbocycles. The van der Waals surface area contributed by atoms with Gasteiger partial charge in [-0.3, -0.25) is 0 Å². The van der Waals surface area contributed by atoms with Gasteiger partial charge < -0.3 is 0 Å². The number of para-hydroxylation sites is 1. The average Bonchev–Trinajstić information content (AvgIpc) is 2.87. The predicted molar refractivity (Wildman–Crippen MR) is 144 cm³/mol. The summed E-state index contributed by atoms with van der Waals surface area (Å²) < 4.78 is 0. The Morgan fingerprint density at radius 1 is 0.676 bits per heavy atom. The fourth-order valence-corrected chi connectivity index (χ4v) is 6.77. The van der Waals surface area contributed by atoms with Crippen LogP contribution in [0.1, 0.15) is 93.5 Å². The highest BCUT2D eigenvalue weighted by molar-refractivity contribution is 5.83. The van der Waals surface area contributed by atoms with Crippen LogP contribution < -0.4 is 0 Å². The van der Waals surface area contributed by atoms with Crippen molar-refractivity contribution < 1.29 is 0 Å². The van der Waals surface area contributed by atoms with E-state index in [9.17, 15) is 0 Å². The second-order valence-corrected chi connectivity index (χ2v) is 11.5. The molecule has 0 aliphatic heterocycles. The van der Waals surface area contributed by atoms with Gasteiger partial charge in [0.05, 0.1) is 11.2 Å². The van der Waals surface area contributed by atoms with Crippen molar-refractivity contribution >= 4 is 10.9 Å². The number of fused-ring (bicyclic) bond motifs is 3. The van der Waals surface area contributed by atoms with E-state index < -0.39 is 0 Å². The lowest BCUT2D eigenvalue weighted by atomic mass is 9.58. The molecule has 1 aromatic heterocycles. The molecule has 0 bridgehead atoms. The van der Waals surface area contributed by atoms with Crippen molar-refractivity contribution in [1.29, 1.82) is 0 Å². The summed E-state index contributed by atoms with van der Waals surface area (Å²) in [6, 6.07) is 27.1. The minimum atomic E-state index is -0.0881. The molecule has 0 saturated heterocycles. The normalized spacial score (nSPS) is 18.9. The molecular weight excluding hydrogens is 410 g/mol. The van der Waals surface area contributed by atoms with Gasteiger partial charge in [0.25, 0.3) is 0 Å². The Kier molecular flexibility index (Phi) is 4.96. The number of hydrogen-bond acceptors (Lipinski definition) is 1. The maximum absolute atomic E-state index is 5.10. The first kappa shape index (κ1) is 21.6. The second-order valence-electron chi connectivity index (χ2n) is 11.5. The van der Waals surface area contributed by atoms with Gasteiger partial charge >= 0.3 is 0 Å². The van der Waals surface area contributed by atoms with Crippen molar-refractivity contribution in [2.45, 2.75) is 76.5 Å². The third-order valence-corrected chi connectivity index (χ3v) is 8.70. The van der Waals surface area contributed by atoms with E-state index >= 15 is 0 Å². The molecule has 0 radical (unpaired) electrons. The molecule has 1 heterocycles. The summed E-state index contributed by atoms with van der Waals surface area (Å²) in [4.78, 5) is 5.10. The highest BCUT2D eigenvalue weighted by Gasteiger charge is 2.43. The summed E-state index contributed by atoms with van der Waals surface area (Å²) in [5.41, 5.74) is 10.7. The van der Waals surface area contributed by atoms with Gasteiger partial charge in [0.2, 0.25) is 0 Å². The Morgan fingerprint density at radius 2 is 1.47 bits per heavy atom. The first-order valence-corrected chi connectivity index (χ1v) is 13.0. The van der Waals surface area contributed by atoms with Gasteiger partial charge in [-0.2, -0.15) is 0 Å². The molecular formula is C33H35N. The molecule has 1 heteroatoms. The quantitative estimate of drug-likeness (QED) is 0.300. The molecule has 0 unspecified atom stereocenters. The van der Waals surface area contributed by atoms with E-state index in [2.05, 4.69) is 100 Å². The van der Waals surface area contributed by atoms with E-state index in [1.807, 2.05) is 0 Å². The topological polar surface area (TPSA) is 12.9 Å². The lowest BCUT2D eigenvalue weighted by Crippen LogP contribution is -2.37. The van der Waals surface area contributed by atoms with Crippen molar-refractivity contribution in [3.63, 3.8) is 0 Å². The van der Waals surface area contributed by atoms with Crippen LogP contribution in [-0.4, -0.2) is 4.98 Å². The molecule has 0 atom stereocenters. The lowest BCUT2D eigenvalue weighted by molar-refractivity contribution is 0.441. The maximum Gasteiger partial charge on any atom is 0.0712 e. The first-order chi connectivity index (χ1) is 16.4. The summed E-state index contributed by atoms with van der Waals surface area (Å²) in [6.45, 7) is 9.65. The van der Waals surface area contributed by atoms with Crippen LogP contribution >= 0.6 is 0 Å². The molecule has 0 spiro atoms. The number of rotatable bonds is 2. The fourth-order valence-electron chi connectivity index (χ4n) is 6.77. The first-order valence-electron chi connectivity index (χ1n) is 13.0. The molecule has 3 aromatic carbocycles. The number of aromatic nitrogens is 1. The average molecular weight is 446 g/mol. The third kappa shape index (κ3) is 3.24. The van der Waals surface area contributed by atoms with Crippen LogP contribution in [-0.2, 0) is 10.8 Å². The van der Waals surface area contributed by atoms with Crippen LogP contribution in [0.4, 0.5) is 0 Å². The molecule has 2 aliphatic rings. The zero-order chi connectivity index (χ0) is 23.5. The van der Waals surface area contributed by atoms with Crippen molar-refractivity contribution in [3.8, 4) is 11.3 Å². The van der Waals surface area contributed by atoms with E-state index in [1.165, 1.54) is 65.3 Å². The summed E-state index contributed by atoms with van der Waals surface area (Å²) >= 11 is 0. The largest absolute Gasteiger partial charge is 0.248 e.